The lowest BCUT2D eigenvalue weighted by Gasteiger charge is -2.34. The Labute approximate surface area is 211 Å². The Morgan fingerprint density at radius 3 is 2.38 bits per heavy atom. The topological polar surface area (TPSA) is 84.0 Å². The summed E-state index contributed by atoms with van der Waals surface area (Å²) in [6, 6.07) is 11.1. The van der Waals surface area contributed by atoms with Crippen molar-refractivity contribution in [3.05, 3.63) is 77.7 Å². The molecule has 0 unspecified atom stereocenters. The van der Waals surface area contributed by atoms with E-state index in [0.29, 0.717) is 40.7 Å². The number of halogens is 3. The van der Waals surface area contributed by atoms with Gasteiger partial charge >= 0.3 is 0 Å². The minimum Gasteiger partial charge on any atom is -0.507 e. The molecular weight excluding hydrogens is 481 g/mol. The molecule has 3 N–H and O–H groups in total. The number of rotatable bonds is 5. The molecule has 1 aromatic heterocycles. The molecule has 190 valence electrons. The van der Waals surface area contributed by atoms with Crippen molar-refractivity contribution in [2.45, 2.75) is 18.9 Å². The van der Waals surface area contributed by atoms with Gasteiger partial charge in [0.1, 0.15) is 30.3 Å². The van der Waals surface area contributed by atoms with Crippen LogP contribution in [0.25, 0.3) is 33.2 Å². The Balaban J connectivity index is 1.74. The van der Waals surface area contributed by atoms with E-state index < -0.39 is 17.5 Å². The third kappa shape index (κ3) is 4.95. The first-order chi connectivity index (χ1) is 17.8. The summed E-state index contributed by atoms with van der Waals surface area (Å²) in [5.74, 6) is -2.10. The highest BCUT2D eigenvalue weighted by Crippen LogP contribution is 2.41. The van der Waals surface area contributed by atoms with Gasteiger partial charge in [-0.05, 0) is 60.4 Å². The maximum Gasteiger partial charge on any atom is 0.132 e. The molecular formula is C28H25F3N4O2. The number of phenolic OH excluding ortho intramolecular Hbond substituents is 1. The number of nitrogens with two attached hydrogens (primary N) is 1. The van der Waals surface area contributed by atoms with Crippen molar-refractivity contribution in [2.24, 2.45) is 10.9 Å². The molecule has 0 spiro atoms. The second kappa shape index (κ2) is 10.1. The van der Waals surface area contributed by atoms with Crippen molar-refractivity contribution in [1.82, 2.24) is 4.98 Å². The number of nitrogens with zero attached hydrogens (tertiary/aromatic N) is 3. The van der Waals surface area contributed by atoms with Crippen LogP contribution in [0.4, 0.5) is 18.9 Å². The summed E-state index contributed by atoms with van der Waals surface area (Å²) in [5, 5.41) is 15.2. The molecule has 37 heavy (non-hydrogen) atoms. The second-order valence-corrected chi connectivity index (χ2v) is 9.04. The molecule has 0 atom stereocenters. The van der Waals surface area contributed by atoms with Gasteiger partial charge in [0.25, 0.3) is 0 Å². The number of pyridine rings is 1. The molecule has 1 fully saturated rings. The Morgan fingerprint density at radius 2 is 1.68 bits per heavy atom. The first-order valence-electron chi connectivity index (χ1n) is 11.8. The van der Waals surface area contributed by atoms with Gasteiger partial charge in [0.2, 0.25) is 0 Å². The van der Waals surface area contributed by atoms with Crippen LogP contribution in [0.15, 0.2) is 59.9 Å². The van der Waals surface area contributed by atoms with Gasteiger partial charge in [0, 0.05) is 53.5 Å². The second-order valence-electron chi connectivity index (χ2n) is 9.04. The van der Waals surface area contributed by atoms with E-state index in [-0.39, 0.29) is 22.9 Å². The normalized spacial score (nSPS) is 14.6. The van der Waals surface area contributed by atoms with Gasteiger partial charge in [-0.1, -0.05) is 11.2 Å². The van der Waals surface area contributed by atoms with Gasteiger partial charge in [0.05, 0.1) is 17.4 Å². The van der Waals surface area contributed by atoms with E-state index in [1.807, 2.05) is 0 Å². The highest BCUT2D eigenvalue weighted by Gasteiger charge is 2.23. The van der Waals surface area contributed by atoms with Crippen LogP contribution in [0.3, 0.4) is 0 Å². The molecule has 0 radical (unpaired) electrons. The van der Waals surface area contributed by atoms with Crippen molar-refractivity contribution in [3.8, 4) is 28.0 Å². The Bertz CT molecular complexity index is 1480. The minimum absolute atomic E-state index is 0.0754. The van der Waals surface area contributed by atoms with Gasteiger partial charge in [0.15, 0.2) is 0 Å². The molecule has 4 aromatic rings. The predicted molar refractivity (Wildman–Crippen MR) is 138 cm³/mol. The van der Waals surface area contributed by atoms with Gasteiger partial charge in [-0.2, -0.15) is 0 Å². The standard InChI is InChI=1S/C28H25F3N4O2/c1-37-34-14-18-10-21(31)13-23(28(18)36)16-2-3-26-24(11-16)27(35-6-4-22(32)5-7-35)25(15-33-26)17-8-19(29)12-20(30)9-17/h2-3,8-15,22,36H,4-7,32H2,1H3. The van der Waals surface area contributed by atoms with Gasteiger partial charge in [-0.25, -0.2) is 13.2 Å². The SMILES string of the molecule is CON=Cc1cc(F)cc(-c2ccc3ncc(-c4cc(F)cc(F)c4)c(N4CCC(N)CC4)c3c2)c1O. The van der Waals surface area contributed by atoms with Crippen LogP contribution in [-0.2, 0) is 4.84 Å². The van der Waals surface area contributed by atoms with Crippen LogP contribution in [0.5, 0.6) is 5.75 Å². The maximum atomic E-state index is 14.5. The maximum absolute atomic E-state index is 14.5. The summed E-state index contributed by atoms with van der Waals surface area (Å²) < 4.78 is 42.8. The van der Waals surface area contributed by atoms with E-state index in [9.17, 15) is 18.3 Å². The average molecular weight is 507 g/mol. The Hall–Kier alpha value is -4.11. The van der Waals surface area contributed by atoms with Crippen LogP contribution in [0.2, 0.25) is 0 Å². The van der Waals surface area contributed by atoms with Crippen LogP contribution < -0.4 is 10.6 Å². The van der Waals surface area contributed by atoms with Crippen LogP contribution in [0.1, 0.15) is 18.4 Å². The summed E-state index contributed by atoms with van der Waals surface area (Å²) in [7, 11) is 1.35. The third-order valence-electron chi connectivity index (χ3n) is 6.58. The van der Waals surface area contributed by atoms with Crippen molar-refractivity contribution in [2.75, 3.05) is 25.1 Å². The first-order valence-corrected chi connectivity index (χ1v) is 11.8. The number of piperidine rings is 1. The van der Waals surface area contributed by atoms with Gasteiger partial charge in [-0.15, -0.1) is 0 Å². The Kier molecular flexibility index (Phi) is 6.71. The molecule has 0 amide bonds. The summed E-state index contributed by atoms with van der Waals surface area (Å²) >= 11 is 0. The number of aromatic nitrogens is 1. The van der Waals surface area contributed by atoms with E-state index >= 15 is 0 Å². The van der Waals surface area contributed by atoms with Gasteiger partial charge < -0.3 is 20.6 Å². The molecule has 0 bridgehead atoms. The van der Waals surface area contributed by atoms with E-state index in [1.165, 1.54) is 31.5 Å². The monoisotopic (exact) mass is 506 g/mol. The minimum atomic E-state index is -0.689. The lowest BCUT2D eigenvalue weighted by atomic mass is 9.95. The Morgan fingerprint density at radius 1 is 0.973 bits per heavy atom. The third-order valence-corrected chi connectivity index (χ3v) is 6.58. The summed E-state index contributed by atoms with van der Waals surface area (Å²) in [6.07, 6.45) is 4.35. The molecule has 1 aliphatic heterocycles. The molecule has 1 aliphatic rings. The number of phenols is 1. The lowest BCUT2D eigenvalue weighted by molar-refractivity contribution is 0.215. The van der Waals surface area contributed by atoms with E-state index in [1.54, 1.807) is 24.4 Å². The van der Waals surface area contributed by atoms with E-state index in [2.05, 4.69) is 19.9 Å². The molecule has 1 saturated heterocycles. The molecule has 0 saturated carbocycles. The quantitative estimate of drug-likeness (QED) is 0.272. The fourth-order valence-corrected chi connectivity index (χ4v) is 4.78. The van der Waals surface area contributed by atoms with Crippen molar-refractivity contribution >= 4 is 22.8 Å². The van der Waals surface area contributed by atoms with Crippen molar-refractivity contribution < 1.29 is 23.1 Å². The number of anilines is 1. The molecule has 2 heterocycles. The fraction of sp³-hybridized carbons (Fsp3) is 0.214. The molecule has 3 aromatic carbocycles. The molecule has 5 rings (SSSR count). The van der Waals surface area contributed by atoms with Crippen LogP contribution in [0, 0.1) is 17.5 Å². The fourth-order valence-electron chi connectivity index (χ4n) is 4.78. The lowest BCUT2D eigenvalue weighted by Crippen LogP contribution is -2.40. The predicted octanol–water partition coefficient (Wildman–Crippen LogP) is 5.60. The summed E-state index contributed by atoms with van der Waals surface area (Å²) in [6.45, 7) is 1.30. The smallest absolute Gasteiger partial charge is 0.132 e. The number of aromatic hydroxyl groups is 1. The average Bonchev–Trinajstić information content (AvgIpc) is 2.88. The van der Waals surface area contributed by atoms with E-state index in [4.69, 9.17) is 5.73 Å². The number of hydrogen-bond donors (Lipinski definition) is 2. The number of benzene rings is 3. The number of fused-ring (bicyclic) bond motifs is 1. The molecule has 0 aliphatic carbocycles. The zero-order valence-electron chi connectivity index (χ0n) is 20.1. The highest BCUT2D eigenvalue weighted by molar-refractivity contribution is 6.02. The zero-order valence-corrected chi connectivity index (χ0v) is 20.1. The first kappa shape index (κ1) is 24.6. The largest absolute Gasteiger partial charge is 0.507 e. The molecule has 6 nitrogen and oxygen atoms in total. The zero-order chi connectivity index (χ0) is 26.1. The van der Waals surface area contributed by atoms with Crippen molar-refractivity contribution in [1.29, 1.82) is 0 Å². The number of hydrogen-bond acceptors (Lipinski definition) is 6. The highest BCUT2D eigenvalue weighted by atomic mass is 19.1. The summed E-state index contributed by atoms with van der Waals surface area (Å²) in [4.78, 5) is 11.4. The van der Waals surface area contributed by atoms with Crippen LogP contribution >= 0.6 is 0 Å². The van der Waals surface area contributed by atoms with Crippen LogP contribution in [-0.4, -0.2) is 42.5 Å². The molecule has 9 heteroatoms. The van der Waals surface area contributed by atoms with Gasteiger partial charge in [-0.3, -0.25) is 4.98 Å². The number of oxime groups is 1. The summed E-state index contributed by atoms with van der Waals surface area (Å²) in [5.41, 5.74) is 9.40. The van der Waals surface area contributed by atoms with E-state index in [0.717, 1.165) is 30.7 Å². The van der Waals surface area contributed by atoms with Crippen molar-refractivity contribution in [3.63, 3.8) is 0 Å².